The lowest BCUT2D eigenvalue weighted by molar-refractivity contribution is -0.237. The molecular formula is C9H20N2O. The summed E-state index contributed by atoms with van der Waals surface area (Å²) in [5, 5.41) is 2.00. The zero-order chi connectivity index (χ0) is 9.35. The smallest absolute Gasteiger partial charge is 0.0734 e. The Morgan fingerprint density at radius 2 is 1.92 bits per heavy atom. The molecule has 0 bridgehead atoms. The van der Waals surface area contributed by atoms with Crippen LogP contribution in [0.25, 0.3) is 0 Å². The average Bonchev–Trinajstić information content (AvgIpc) is 1.96. The molecule has 0 atom stereocenters. The molecule has 72 valence electrons. The highest BCUT2D eigenvalue weighted by Crippen LogP contribution is 2.32. The van der Waals surface area contributed by atoms with Crippen LogP contribution in [0, 0.1) is 5.92 Å². The van der Waals surface area contributed by atoms with Gasteiger partial charge in [0.15, 0.2) is 0 Å². The number of nitrogens with zero attached hydrogens (tertiary/aromatic N) is 2. The van der Waals surface area contributed by atoms with Crippen LogP contribution in [0.2, 0.25) is 0 Å². The molecular weight excluding hydrogens is 152 g/mol. The van der Waals surface area contributed by atoms with E-state index in [2.05, 4.69) is 25.8 Å². The Labute approximate surface area is 75.2 Å². The van der Waals surface area contributed by atoms with Gasteiger partial charge in [0.05, 0.1) is 12.6 Å². The number of rotatable bonds is 3. The minimum atomic E-state index is 0.240. The molecule has 0 aliphatic carbocycles. The third kappa shape index (κ3) is 1.37. The van der Waals surface area contributed by atoms with E-state index in [4.69, 9.17) is 4.84 Å². The van der Waals surface area contributed by atoms with E-state index >= 15 is 0 Å². The summed E-state index contributed by atoms with van der Waals surface area (Å²) in [7, 11) is 5.90. The van der Waals surface area contributed by atoms with Crippen molar-refractivity contribution < 1.29 is 4.84 Å². The number of hydrogen-bond donors (Lipinski definition) is 0. The van der Waals surface area contributed by atoms with Gasteiger partial charge in [-0.2, -0.15) is 5.06 Å². The molecule has 12 heavy (non-hydrogen) atoms. The molecule has 0 aromatic rings. The number of hydroxylamine groups is 2. The maximum atomic E-state index is 5.27. The SMILES string of the molecule is CON(C)C1(C(C)C)CN(C)C1. The summed E-state index contributed by atoms with van der Waals surface area (Å²) in [4.78, 5) is 7.59. The van der Waals surface area contributed by atoms with Gasteiger partial charge in [-0.1, -0.05) is 13.8 Å². The van der Waals surface area contributed by atoms with Crippen LogP contribution in [0.4, 0.5) is 0 Å². The normalized spacial score (nSPS) is 23.2. The molecule has 1 aliphatic rings. The van der Waals surface area contributed by atoms with E-state index < -0.39 is 0 Å². The molecule has 1 saturated heterocycles. The van der Waals surface area contributed by atoms with Crippen LogP contribution >= 0.6 is 0 Å². The van der Waals surface area contributed by atoms with Gasteiger partial charge in [0.1, 0.15) is 0 Å². The van der Waals surface area contributed by atoms with E-state index in [0.29, 0.717) is 5.92 Å². The van der Waals surface area contributed by atoms with Crippen LogP contribution in [0.15, 0.2) is 0 Å². The summed E-state index contributed by atoms with van der Waals surface area (Å²) in [6.07, 6.45) is 0. The van der Waals surface area contributed by atoms with Crippen molar-refractivity contribution in [3.05, 3.63) is 0 Å². The summed E-state index contributed by atoms with van der Waals surface area (Å²) in [5.74, 6) is 0.638. The van der Waals surface area contributed by atoms with Crippen LogP contribution in [0.3, 0.4) is 0 Å². The topological polar surface area (TPSA) is 15.7 Å². The first-order valence-electron chi connectivity index (χ1n) is 4.49. The van der Waals surface area contributed by atoms with Crippen molar-refractivity contribution in [2.75, 3.05) is 34.3 Å². The van der Waals surface area contributed by atoms with E-state index in [1.54, 1.807) is 7.11 Å². The second-order valence-corrected chi connectivity index (χ2v) is 4.11. The van der Waals surface area contributed by atoms with Crippen molar-refractivity contribution in [2.45, 2.75) is 19.4 Å². The Morgan fingerprint density at radius 1 is 1.42 bits per heavy atom. The Bertz CT molecular complexity index is 153. The molecule has 0 N–H and O–H groups in total. The minimum Gasteiger partial charge on any atom is -0.302 e. The third-order valence-electron chi connectivity index (χ3n) is 3.06. The maximum absolute atomic E-state index is 5.27. The van der Waals surface area contributed by atoms with Gasteiger partial charge in [-0.15, -0.1) is 0 Å². The molecule has 3 nitrogen and oxygen atoms in total. The summed E-state index contributed by atoms with van der Waals surface area (Å²) >= 11 is 0. The Balaban J connectivity index is 2.63. The van der Waals surface area contributed by atoms with Crippen LogP contribution in [0.1, 0.15) is 13.8 Å². The molecule has 0 radical (unpaired) electrons. The van der Waals surface area contributed by atoms with Gasteiger partial charge in [0.25, 0.3) is 0 Å². The standard InChI is InChI=1S/C9H20N2O/c1-8(2)9(11(4)12-5)6-10(3)7-9/h8H,6-7H2,1-5H3. The van der Waals surface area contributed by atoms with Crippen molar-refractivity contribution in [2.24, 2.45) is 5.92 Å². The van der Waals surface area contributed by atoms with E-state index in [-0.39, 0.29) is 5.54 Å². The van der Waals surface area contributed by atoms with Crippen LogP contribution in [-0.4, -0.2) is 49.8 Å². The van der Waals surface area contributed by atoms with Crippen molar-refractivity contribution >= 4 is 0 Å². The van der Waals surface area contributed by atoms with Crippen LogP contribution in [0.5, 0.6) is 0 Å². The number of likely N-dealkylation sites (N-methyl/N-ethyl adjacent to an activating group) is 2. The van der Waals surface area contributed by atoms with Gasteiger partial charge in [0, 0.05) is 20.1 Å². The van der Waals surface area contributed by atoms with Gasteiger partial charge in [0.2, 0.25) is 0 Å². The quantitative estimate of drug-likeness (QED) is 0.586. The largest absolute Gasteiger partial charge is 0.302 e. The summed E-state index contributed by atoms with van der Waals surface area (Å²) < 4.78 is 0. The molecule has 0 aromatic carbocycles. The predicted molar refractivity (Wildman–Crippen MR) is 49.8 cm³/mol. The van der Waals surface area contributed by atoms with Crippen molar-refractivity contribution in [3.8, 4) is 0 Å². The fraction of sp³-hybridized carbons (Fsp3) is 1.00. The molecule has 0 amide bonds. The second-order valence-electron chi connectivity index (χ2n) is 4.11. The lowest BCUT2D eigenvalue weighted by Gasteiger charge is -2.55. The third-order valence-corrected chi connectivity index (χ3v) is 3.06. The van der Waals surface area contributed by atoms with Crippen molar-refractivity contribution in [1.82, 2.24) is 9.96 Å². The van der Waals surface area contributed by atoms with Gasteiger partial charge < -0.3 is 9.74 Å². The number of likely N-dealkylation sites (tertiary alicyclic amines) is 1. The van der Waals surface area contributed by atoms with E-state index in [9.17, 15) is 0 Å². The van der Waals surface area contributed by atoms with Gasteiger partial charge in [-0.05, 0) is 13.0 Å². The van der Waals surface area contributed by atoms with E-state index in [1.807, 2.05) is 12.1 Å². The summed E-state index contributed by atoms with van der Waals surface area (Å²) in [6, 6.07) is 0. The number of hydrogen-bond acceptors (Lipinski definition) is 3. The predicted octanol–water partition coefficient (Wildman–Crippen LogP) is 0.820. The average molecular weight is 172 g/mol. The zero-order valence-electron chi connectivity index (χ0n) is 8.79. The zero-order valence-corrected chi connectivity index (χ0v) is 8.79. The Morgan fingerprint density at radius 3 is 2.17 bits per heavy atom. The monoisotopic (exact) mass is 172 g/mol. The van der Waals surface area contributed by atoms with Gasteiger partial charge >= 0.3 is 0 Å². The highest BCUT2D eigenvalue weighted by atomic mass is 16.7. The molecule has 1 aliphatic heterocycles. The molecule has 3 heteroatoms. The van der Waals surface area contributed by atoms with Gasteiger partial charge in [-0.3, -0.25) is 0 Å². The Hall–Kier alpha value is -0.120. The fourth-order valence-electron chi connectivity index (χ4n) is 2.00. The van der Waals surface area contributed by atoms with E-state index in [1.165, 1.54) is 0 Å². The highest BCUT2D eigenvalue weighted by Gasteiger charge is 2.47. The lowest BCUT2D eigenvalue weighted by atomic mass is 9.79. The molecule has 0 spiro atoms. The van der Waals surface area contributed by atoms with Crippen molar-refractivity contribution in [3.63, 3.8) is 0 Å². The first kappa shape index (κ1) is 9.96. The second kappa shape index (κ2) is 3.32. The van der Waals surface area contributed by atoms with Crippen molar-refractivity contribution in [1.29, 1.82) is 0 Å². The summed E-state index contributed by atoms with van der Waals surface area (Å²) in [5.41, 5.74) is 0.240. The molecule has 0 saturated carbocycles. The lowest BCUT2D eigenvalue weighted by Crippen LogP contribution is -2.70. The summed E-state index contributed by atoms with van der Waals surface area (Å²) in [6.45, 7) is 6.72. The molecule has 1 rings (SSSR count). The van der Waals surface area contributed by atoms with Gasteiger partial charge in [-0.25, -0.2) is 0 Å². The molecule has 1 heterocycles. The molecule has 0 aromatic heterocycles. The molecule has 0 unspecified atom stereocenters. The molecule has 1 fully saturated rings. The maximum Gasteiger partial charge on any atom is 0.0734 e. The minimum absolute atomic E-state index is 0.240. The Kier molecular flexibility index (Phi) is 2.76. The van der Waals surface area contributed by atoms with Crippen LogP contribution < -0.4 is 0 Å². The highest BCUT2D eigenvalue weighted by molar-refractivity contribution is 5.02. The first-order chi connectivity index (χ1) is 5.53. The fourth-order valence-corrected chi connectivity index (χ4v) is 2.00. The van der Waals surface area contributed by atoms with E-state index in [0.717, 1.165) is 13.1 Å². The van der Waals surface area contributed by atoms with Crippen LogP contribution in [-0.2, 0) is 4.84 Å². The first-order valence-corrected chi connectivity index (χ1v) is 4.49.